The lowest BCUT2D eigenvalue weighted by molar-refractivity contribution is -0.124. The molecule has 1 aromatic carbocycles. The monoisotopic (exact) mass is 445 g/mol. The molecule has 2 atom stereocenters. The molecule has 0 spiro atoms. The number of carbonyl (C=O) groups is 2. The Morgan fingerprint density at radius 3 is 2.66 bits per heavy atom. The van der Waals surface area contributed by atoms with E-state index in [0.29, 0.717) is 18.6 Å². The minimum Gasteiger partial charge on any atom is -0.478 e. The predicted octanol–water partition coefficient (Wildman–Crippen LogP) is 0.415. The van der Waals surface area contributed by atoms with E-state index in [9.17, 15) is 26.4 Å². The molecular weight excluding hydrogens is 422 g/mol. The van der Waals surface area contributed by atoms with E-state index >= 15 is 0 Å². The molecular formula is C17H23N3O7S2. The highest BCUT2D eigenvalue weighted by atomic mass is 32.2. The average Bonchev–Trinajstić information content (AvgIpc) is 3.17. The van der Waals surface area contributed by atoms with Crippen LogP contribution in [0.4, 0.5) is 5.69 Å². The van der Waals surface area contributed by atoms with Crippen molar-refractivity contribution in [1.82, 2.24) is 9.03 Å². The Kier molecular flexibility index (Phi) is 5.88. The third-order valence-corrected chi connectivity index (χ3v) is 8.14. The summed E-state index contributed by atoms with van der Waals surface area (Å²) < 4.78 is 58.1. The van der Waals surface area contributed by atoms with Crippen molar-refractivity contribution in [3.05, 3.63) is 18.2 Å². The molecule has 2 aliphatic heterocycles. The first kappa shape index (κ1) is 21.5. The molecule has 0 aliphatic carbocycles. The van der Waals surface area contributed by atoms with Crippen molar-refractivity contribution in [2.45, 2.75) is 50.2 Å². The zero-order chi connectivity index (χ0) is 21.4. The van der Waals surface area contributed by atoms with Crippen LogP contribution >= 0.6 is 0 Å². The van der Waals surface area contributed by atoms with Crippen LogP contribution in [0.1, 0.15) is 33.1 Å². The maximum absolute atomic E-state index is 12.7. The number of nitrogens with one attached hydrogen (secondary N) is 2. The van der Waals surface area contributed by atoms with Crippen molar-refractivity contribution in [1.29, 1.82) is 0 Å². The van der Waals surface area contributed by atoms with Crippen LogP contribution in [0.25, 0.3) is 0 Å². The molecule has 29 heavy (non-hydrogen) atoms. The summed E-state index contributed by atoms with van der Waals surface area (Å²) in [6.45, 7) is 3.43. The number of rotatable bonds is 6. The molecule has 2 amide bonds. The van der Waals surface area contributed by atoms with Crippen LogP contribution in [0.5, 0.6) is 5.75 Å². The van der Waals surface area contributed by atoms with Gasteiger partial charge in [0, 0.05) is 6.54 Å². The Bertz CT molecular complexity index is 1040. The zero-order valence-corrected chi connectivity index (χ0v) is 17.7. The number of benzene rings is 1. The minimum absolute atomic E-state index is 0.174. The molecule has 10 nitrogen and oxygen atoms in total. The third kappa shape index (κ3) is 4.23. The topological polar surface area (TPSA) is 139 Å². The number of fused-ring (bicyclic) bond motifs is 1. The summed E-state index contributed by atoms with van der Waals surface area (Å²) in [5.41, 5.74) is 0.186. The summed E-state index contributed by atoms with van der Waals surface area (Å²) in [7, 11) is -7.90. The first-order valence-corrected chi connectivity index (χ1v) is 12.4. The molecule has 2 aliphatic rings. The summed E-state index contributed by atoms with van der Waals surface area (Å²) in [5.74, 6) is -1.13. The van der Waals surface area contributed by atoms with E-state index in [4.69, 9.17) is 4.74 Å². The lowest BCUT2D eigenvalue weighted by Gasteiger charge is -2.25. The number of ether oxygens (including phenoxy) is 1. The smallest absolute Gasteiger partial charge is 0.265 e. The van der Waals surface area contributed by atoms with E-state index in [0.717, 1.165) is 4.31 Å². The van der Waals surface area contributed by atoms with Crippen molar-refractivity contribution in [2.75, 3.05) is 17.6 Å². The van der Waals surface area contributed by atoms with Gasteiger partial charge in [-0.05, 0) is 44.4 Å². The van der Waals surface area contributed by atoms with Gasteiger partial charge in [-0.15, -0.1) is 0 Å². The Morgan fingerprint density at radius 2 is 2.00 bits per heavy atom. The molecule has 2 heterocycles. The molecule has 1 aromatic rings. The number of amides is 2. The van der Waals surface area contributed by atoms with Crippen molar-refractivity contribution in [3.63, 3.8) is 0 Å². The Morgan fingerprint density at radius 1 is 1.28 bits per heavy atom. The molecule has 0 saturated carbocycles. The van der Waals surface area contributed by atoms with Crippen molar-refractivity contribution < 1.29 is 31.2 Å². The number of sulfonamides is 2. The second-order valence-corrected chi connectivity index (χ2v) is 10.7. The minimum atomic E-state index is -4.27. The van der Waals surface area contributed by atoms with Gasteiger partial charge in [-0.1, -0.05) is 6.92 Å². The molecule has 0 aromatic heterocycles. The van der Waals surface area contributed by atoms with Crippen molar-refractivity contribution in [2.24, 2.45) is 0 Å². The molecule has 160 valence electrons. The fourth-order valence-electron chi connectivity index (χ4n) is 3.33. The van der Waals surface area contributed by atoms with Crippen LogP contribution in [-0.2, 0) is 29.6 Å². The number of hydrogen-bond acceptors (Lipinski definition) is 7. The normalized spacial score (nSPS) is 22.5. The second-order valence-electron chi connectivity index (χ2n) is 6.80. The molecule has 1 fully saturated rings. The average molecular weight is 446 g/mol. The molecule has 2 N–H and O–H groups in total. The quantitative estimate of drug-likeness (QED) is 0.647. The Balaban J connectivity index is 1.81. The highest BCUT2D eigenvalue weighted by molar-refractivity contribution is 7.90. The lowest BCUT2D eigenvalue weighted by Crippen LogP contribution is -2.47. The first-order chi connectivity index (χ1) is 13.6. The SMILES string of the molecule is CC[C@@H]1Oc2ccc(S(=O)(=O)NC(=O)[C@H]3CCCN3S(=O)(=O)CC)cc2NC1=O. The van der Waals surface area contributed by atoms with Crippen LogP contribution in [0.2, 0.25) is 0 Å². The third-order valence-electron chi connectivity index (χ3n) is 4.92. The van der Waals surface area contributed by atoms with Crippen molar-refractivity contribution in [3.8, 4) is 5.75 Å². The molecule has 0 radical (unpaired) electrons. The van der Waals surface area contributed by atoms with Gasteiger partial charge in [0.05, 0.1) is 16.3 Å². The highest BCUT2D eigenvalue weighted by Crippen LogP contribution is 2.32. The molecule has 0 unspecified atom stereocenters. The van der Waals surface area contributed by atoms with E-state index < -0.39 is 38.1 Å². The molecule has 3 rings (SSSR count). The van der Waals surface area contributed by atoms with E-state index in [1.165, 1.54) is 25.1 Å². The van der Waals surface area contributed by atoms with Gasteiger partial charge in [0.1, 0.15) is 11.8 Å². The lowest BCUT2D eigenvalue weighted by atomic mass is 10.2. The van der Waals surface area contributed by atoms with Gasteiger partial charge in [0.15, 0.2) is 6.10 Å². The Labute approximate surface area is 169 Å². The van der Waals surface area contributed by atoms with E-state index in [1.54, 1.807) is 6.92 Å². The van der Waals surface area contributed by atoms with Gasteiger partial charge in [-0.3, -0.25) is 9.59 Å². The number of nitrogens with zero attached hydrogens (tertiary/aromatic N) is 1. The second kappa shape index (κ2) is 7.92. The summed E-state index contributed by atoms with van der Waals surface area (Å²) >= 11 is 0. The van der Waals surface area contributed by atoms with Crippen LogP contribution in [0.3, 0.4) is 0 Å². The summed E-state index contributed by atoms with van der Waals surface area (Å²) in [5, 5.41) is 2.59. The van der Waals surface area contributed by atoms with Gasteiger partial charge >= 0.3 is 0 Å². The van der Waals surface area contributed by atoms with E-state index in [2.05, 4.69) is 5.32 Å². The molecule has 1 saturated heterocycles. The predicted molar refractivity (Wildman–Crippen MR) is 104 cm³/mol. The van der Waals surface area contributed by atoms with Gasteiger partial charge < -0.3 is 10.1 Å². The number of hydrogen-bond donors (Lipinski definition) is 2. The molecule has 0 bridgehead atoms. The molecule has 12 heteroatoms. The largest absolute Gasteiger partial charge is 0.478 e. The van der Waals surface area contributed by atoms with Crippen LogP contribution in [-0.4, -0.2) is 57.4 Å². The fourth-order valence-corrected chi connectivity index (χ4v) is 5.69. The van der Waals surface area contributed by atoms with Gasteiger partial charge in [0.2, 0.25) is 10.0 Å². The number of anilines is 1. The van der Waals surface area contributed by atoms with Gasteiger partial charge in [-0.2, -0.15) is 4.31 Å². The first-order valence-electron chi connectivity index (χ1n) is 9.26. The van der Waals surface area contributed by atoms with Crippen LogP contribution in [0, 0.1) is 0 Å². The van der Waals surface area contributed by atoms with Crippen molar-refractivity contribution >= 4 is 37.5 Å². The summed E-state index contributed by atoms with van der Waals surface area (Å²) in [4.78, 5) is 24.2. The van der Waals surface area contributed by atoms with E-state index in [1.807, 2.05) is 4.72 Å². The number of carbonyl (C=O) groups excluding carboxylic acids is 2. The summed E-state index contributed by atoms with van der Waals surface area (Å²) in [6, 6.07) is 2.79. The maximum atomic E-state index is 12.7. The van der Waals surface area contributed by atoms with Crippen LogP contribution < -0.4 is 14.8 Å². The van der Waals surface area contributed by atoms with E-state index in [-0.39, 0.29) is 35.2 Å². The maximum Gasteiger partial charge on any atom is 0.265 e. The standard InChI is InChI=1S/C17H23N3O7S2/c1-3-14-17(22)18-12-10-11(7-8-15(12)27-14)29(25,26)19-16(21)13-6-5-9-20(13)28(23,24)4-2/h7-8,10,13-14H,3-6,9H2,1-2H3,(H,18,22)(H,19,21)/t13-,14+/m1/s1. The van der Waals surface area contributed by atoms with Gasteiger partial charge in [-0.25, -0.2) is 21.6 Å². The highest BCUT2D eigenvalue weighted by Gasteiger charge is 2.39. The fraction of sp³-hybridized carbons (Fsp3) is 0.529. The zero-order valence-electron chi connectivity index (χ0n) is 16.0. The van der Waals surface area contributed by atoms with Crippen LogP contribution in [0.15, 0.2) is 23.1 Å². The Hall–Kier alpha value is -2.18. The van der Waals surface area contributed by atoms with Gasteiger partial charge in [0.25, 0.3) is 21.8 Å². The summed E-state index contributed by atoms with van der Waals surface area (Å²) in [6.07, 6.45) is 0.518.